The average Bonchev–Trinajstić information content (AvgIpc) is 2.62. The molecule has 78 valence electrons. The number of hydrogen-bond donors (Lipinski definition) is 0. The molecule has 1 atom stereocenters. The van der Waals surface area contributed by atoms with Crippen molar-refractivity contribution in [2.45, 2.75) is 26.3 Å². The third-order valence-corrected chi connectivity index (χ3v) is 2.87. The highest BCUT2D eigenvalue weighted by molar-refractivity contribution is 5.34. The van der Waals surface area contributed by atoms with Gasteiger partial charge < -0.3 is 4.90 Å². The van der Waals surface area contributed by atoms with Gasteiger partial charge in [-0.25, -0.2) is 9.79 Å². The Kier molecular flexibility index (Phi) is 4.05. The molecule has 0 bridgehead atoms. The van der Waals surface area contributed by atoms with Crippen LogP contribution in [-0.2, 0) is 4.79 Å². The number of likely N-dealkylation sites (tertiary alicyclic amines) is 1. The lowest BCUT2D eigenvalue weighted by Crippen LogP contribution is -2.28. The predicted molar refractivity (Wildman–Crippen MR) is 56.9 cm³/mol. The molecule has 3 nitrogen and oxygen atoms in total. The maximum absolute atomic E-state index is 9.95. The summed E-state index contributed by atoms with van der Waals surface area (Å²) >= 11 is 0. The van der Waals surface area contributed by atoms with Gasteiger partial charge in [0.15, 0.2) is 0 Å². The molecule has 0 spiro atoms. The van der Waals surface area contributed by atoms with Gasteiger partial charge in [0, 0.05) is 12.6 Å². The van der Waals surface area contributed by atoms with E-state index in [1.165, 1.54) is 0 Å². The molecule has 1 fully saturated rings. The molecular formula is C11H18N2O. The quantitative estimate of drug-likeness (QED) is 0.387. The van der Waals surface area contributed by atoms with Crippen LogP contribution in [0.25, 0.3) is 0 Å². The first-order chi connectivity index (χ1) is 6.65. The van der Waals surface area contributed by atoms with Crippen molar-refractivity contribution in [2.75, 3.05) is 19.6 Å². The van der Waals surface area contributed by atoms with Crippen LogP contribution in [0.4, 0.5) is 0 Å². The normalized spacial score (nSPS) is 22.4. The lowest BCUT2D eigenvalue weighted by Gasteiger charge is -2.20. The summed E-state index contributed by atoms with van der Waals surface area (Å²) in [6.07, 6.45) is 2.70. The fourth-order valence-electron chi connectivity index (χ4n) is 1.85. The first-order valence-electron chi connectivity index (χ1n) is 5.10. The van der Waals surface area contributed by atoms with Crippen molar-refractivity contribution in [1.29, 1.82) is 0 Å². The SMILES string of the molecule is C=C(CN=C=O)C1CCN(C(C)C)C1. The highest BCUT2D eigenvalue weighted by Crippen LogP contribution is 2.24. The molecule has 0 aliphatic carbocycles. The highest BCUT2D eigenvalue weighted by Gasteiger charge is 2.25. The fraction of sp³-hybridized carbons (Fsp3) is 0.727. The second kappa shape index (κ2) is 5.08. The largest absolute Gasteiger partial charge is 0.300 e. The van der Waals surface area contributed by atoms with Crippen molar-refractivity contribution in [3.05, 3.63) is 12.2 Å². The van der Waals surface area contributed by atoms with Crippen LogP contribution in [0.3, 0.4) is 0 Å². The predicted octanol–water partition coefficient (Wildman–Crippen LogP) is 1.61. The summed E-state index contributed by atoms with van der Waals surface area (Å²) in [4.78, 5) is 15.9. The number of carbonyl (C=O) groups excluding carboxylic acids is 1. The summed E-state index contributed by atoms with van der Waals surface area (Å²) in [6.45, 7) is 11.0. The van der Waals surface area contributed by atoms with E-state index in [1.54, 1.807) is 6.08 Å². The van der Waals surface area contributed by atoms with Crippen LogP contribution in [0.1, 0.15) is 20.3 Å². The number of rotatable bonds is 4. The lowest BCUT2D eigenvalue weighted by molar-refractivity contribution is 0.269. The number of nitrogens with zero attached hydrogens (tertiary/aromatic N) is 2. The minimum atomic E-state index is 0.445. The molecular weight excluding hydrogens is 176 g/mol. The van der Waals surface area contributed by atoms with Crippen LogP contribution >= 0.6 is 0 Å². The van der Waals surface area contributed by atoms with Gasteiger partial charge in [-0.15, -0.1) is 0 Å². The molecule has 1 unspecified atom stereocenters. The summed E-state index contributed by atoms with van der Waals surface area (Å²) in [5.74, 6) is 0.509. The Morgan fingerprint density at radius 3 is 2.93 bits per heavy atom. The van der Waals surface area contributed by atoms with Gasteiger partial charge in [-0.3, -0.25) is 0 Å². The number of aliphatic imine (C=N–C) groups is 1. The van der Waals surface area contributed by atoms with Crippen LogP contribution in [0, 0.1) is 5.92 Å². The summed E-state index contributed by atoms with van der Waals surface area (Å²) in [5.41, 5.74) is 1.07. The molecule has 0 saturated carbocycles. The molecule has 1 saturated heterocycles. The Hall–Kier alpha value is -0.920. The van der Waals surface area contributed by atoms with E-state index in [4.69, 9.17) is 0 Å². The molecule has 14 heavy (non-hydrogen) atoms. The van der Waals surface area contributed by atoms with E-state index in [1.807, 2.05) is 0 Å². The first kappa shape index (κ1) is 11.2. The van der Waals surface area contributed by atoms with Gasteiger partial charge in [0.05, 0.1) is 6.54 Å². The van der Waals surface area contributed by atoms with Crippen molar-refractivity contribution in [2.24, 2.45) is 10.9 Å². The number of hydrogen-bond acceptors (Lipinski definition) is 3. The third-order valence-electron chi connectivity index (χ3n) is 2.87. The Morgan fingerprint density at radius 1 is 1.71 bits per heavy atom. The van der Waals surface area contributed by atoms with Crippen LogP contribution in [0.2, 0.25) is 0 Å². The van der Waals surface area contributed by atoms with E-state index in [-0.39, 0.29) is 0 Å². The van der Waals surface area contributed by atoms with Crippen LogP contribution in [0.5, 0.6) is 0 Å². The smallest absolute Gasteiger partial charge is 0.235 e. The molecule has 0 aromatic rings. The molecule has 1 rings (SSSR count). The number of isocyanates is 1. The fourth-order valence-corrected chi connectivity index (χ4v) is 1.85. The summed E-state index contributed by atoms with van der Waals surface area (Å²) in [5, 5.41) is 0. The molecule has 0 radical (unpaired) electrons. The first-order valence-corrected chi connectivity index (χ1v) is 5.10. The summed E-state index contributed by atoms with van der Waals surface area (Å²) < 4.78 is 0. The van der Waals surface area contributed by atoms with Crippen LogP contribution < -0.4 is 0 Å². The Labute approximate surface area is 85.5 Å². The van der Waals surface area contributed by atoms with Gasteiger partial charge in [0.1, 0.15) is 0 Å². The van der Waals surface area contributed by atoms with E-state index in [0.717, 1.165) is 25.1 Å². The van der Waals surface area contributed by atoms with Crippen LogP contribution in [-0.4, -0.2) is 36.7 Å². The monoisotopic (exact) mass is 194 g/mol. The molecule has 0 amide bonds. The Morgan fingerprint density at radius 2 is 2.43 bits per heavy atom. The second-order valence-corrected chi connectivity index (χ2v) is 4.14. The van der Waals surface area contributed by atoms with E-state index in [0.29, 0.717) is 18.5 Å². The minimum Gasteiger partial charge on any atom is -0.300 e. The lowest BCUT2D eigenvalue weighted by atomic mass is 10.00. The Bertz CT molecular complexity index is 254. The van der Waals surface area contributed by atoms with E-state index >= 15 is 0 Å². The van der Waals surface area contributed by atoms with Gasteiger partial charge in [0.2, 0.25) is 6.08 Å². The zero-order valence-corrected chi connectivity index (χ0v) is 8.99. The van der Waals surface area contributed by atoms with Gasteiger partial charge in [-0.1, -0.05) is 12.2 Å². The van der Waals surface area contributed by atoms with Crippen molar-refractivity contribution in [3.63, 3.8) is 0 Å². The maximum atomic E-state index is 9.95. The maximum Gasteiger partial charge on any atom is 0.235 e. The molecule has 0 N–H and O–H groups in total. The van der Waals surface area contributed by atoms with E-state index in [9.17, 15) is 4.79 Å². The Balaban J connectivity index is 2.41. The van der Waals surface area contributed by atoms with Gasteiger partial charge in [-0.05, 0) is 32.7 Å². The second-order valence-electron chi connectivity index (χ2n) is 4.14. The van der Waals surface area contributed by atoms with Crippen molar-refractivity contribution >= 4 is 6.08 Å². The molecule has 1 aliphatic rings. The summed E-state index contributed by atoms with van der Waals surface area (Å²) in [7, 11) is 0. The standard InChI is InChI=1S/C11H18N2O/c1-9(2)13-5-4-11(7-13)10(3)6-12-8-14/h9,11H,3-7H2,1-2H3. The average molecular weight is 194 g/mol. The third kappa shape index (κ3) is 2.79. The summed E-state index contributed by atoms with van der Waals surface area (Å²) in [6, 6.07) is 0.599. The minimum absolute atomic E-state index is 0.445. The van der Waals surface area contributed by atoms with Crippen LogP contribution in [0.15, 0.2) is 17.1 Å². The zero-order valence-electron chi connectivity index (χ0n) is 8.99. The van der Waals surface area contributed by atoms with E-state index in [2.05, 4.69) is 30.3 Å². The van der Waals surface area contributed by atoms with Gasteiger partial charge in [0.25, 0.3) is 0 Å². The van der Waals surface area contributed by atoms with Gasteiger partial charge >= 0.3 is 0 Å². The van der Waals surface area contributed by atoms with Crippen molar-refractivity contribution in [1.82, 2.24) is 4.90 Å². The topological polar surface area (TPSA) is 32.7 Å². The molecule has 0 aromatic heterocycles. The van der Waals surface area contributed by atoms with Crippen molar-refractivity contribution in [3.8, 4) is 0 Å². The molecule has 1 heterocycles. The molecule has 1 aliphatic heterocycles. The van der Waals surface area contributed by atoms with Gasteiger partial charge in [-0.2, -0.15) is 0 Å². The molecule has 0 aromatic carbocycles. The zero-order chi connectivity index (χ0) is 10.6. The van der Waals surface area contributed by atoms with E-state index < -0.39 is 0 Å². The van der Waals surface area contributed by atoms with Crippen molar-refractivity contribution < 1.29 is 4.79 Å². The highest BCUT2D eigenvalue weighted by atomic mass is 16.1. The molecule has 3 heteroatoms.